The van der Waals surface area contributed by atoms with Gasteiger partial charge < -0.3 is 20.5 Å². The van der Waals surface area contributed by atoms with Crippen molar-refractivity contribution in [3.05, 3.63) is 42.0 Å². The first-order valence-corrected chi connectivity index (χ1v) is 12.1. The van der Waals surface area contributed by atoms with Crippen LogP contribution < -0.4 is 10.6 Å². The van der Waals surface area contributed by atoms with Crippen molar-refractivity contribution in [2.24, 2.45) is 16.8 Å². The van der Waals surface area contributed by atoms with Crippen molar-refractivity contribution in [2.75, 3.05) is 6.61 Å². The molecule has 1 unspecified atom stereocenters. The van der Waals surface area contributed by atoms with Crippen molar-refractivity contribution >= 4 is 34.8 Å². The zero-order valence-corrected chi connectivity index (χ0v) is 21.4. The molecule has 2 rings (SSSR count). The standard InChI is InChI=1S/C27H37N3O5/c1-7-17(5)24(26(33)29-18(6)27(34)35-8-2)30-25(32)23(16(3)4)28-15-21-20-12-10-9-11-19(20)13-14-22(21)31/h9-18,23-24,31H,7-8H2,1-6H3,(H,29,33)(H,30,32)/t17?,18-,23-,24-/m0/s1. The lowest BCUT2D eigenvalue weighted by atomic mass is 9.96. The van der Waals surface area contributed by atoms with E-state index in [1.54, 1.807) is 19.9 Å². The second kappa shape index (κ2) is 12.9. The minimum Gasteiger partial charge on any atom is -0.507 e. The Balaban J connectivity index is 2.26. The second-order valence-electron chi connectivity index (χ2n) is 9.04. The van der Waals surface area contributed by atoms with E-state index in [2.05, 4.69) is 15.6 Å². The van der Waals surface area contributed by atoms with Crippen LogP contribution in [0, 0.1) is 11.8 Å². The van der Waals surface area contributed by atoms with Crippen LogP contribution in [0.25, 0.3) is 10.8 Å². The average Bonchev–Trinajstić information content (AvgIpc) is 2.83. The number of aromatic hydroxyl groups is 1. The van der Waals surface area contributed by atoms with Crippen molar-refractivity contribution in [1.29, 1.82) is 0 Å². The lowest BCUT2D eigenvalue weighted by molar-refractivity contribution is -0.147. The number of benzene rings is 2. The number of hydrogen-bond donors (Lipinski definition) is 3. The van der Waals surface area contributed by atoms with E-state index in [1.807, 2.05) is 58.0 Å². The lowest BCUT2D eigenvalue weighted by Gasteiger charge is -2.27. The highest BCUT2D eigenvalue weighted by molar-refractivity contribution is 6.03. The topological polar surface area (TPSA) is 117 Å². The molecule has 0 aliphatic carbocycles. The monoisotopic (exact) mass is 483 g/mol. The zero-order valence-electron chi connectivity index (χ0n) is 21.4. The SMILES string of the molecule is CCOC(=O)[C@H](C)NC(=O)[C@@H](NC(=O)[C@@H](N=Cc1c(O)ccc2ccccc12)C(C)C)C(C)CC. The normalized spacial score (nSPS) is 14.9. The fourth-order valence-electron chi connectivity index (χ4n) is 3.69. The van der Waals surface area contributed by atoms with Crippen LogP contribution in [0.15, 0.2) is 41.4 Å². The van der Waals surface area contributed by atoms with Crippen LogP contribution in [0.3, 0.4) is 0 Å². The Morgan fingerprint density at radius 3 is 2.31 bits per heavy atom. The van der Waals surface area contributed by atoms with Crippen LogP contribution in [0.2, 0.25) is 0 Å². The Bertz CT molecular complexity index is 1070. The first-order chi connectivity index (χ1) is 16.6. The first kappa shape index (κ1) is 27.8. The molecule has 0 heterocycles. The maximum absolute atomic E-state index is 13.3. The van der Waals surface area contributed by atoms with E-state index in [0.717, 1.165) is 10.8 Å². The number of carbonyl (C=O) groups excluding carboxylic acids is 3. The molecule has 0 aliphatic rings. The van der Waals surface area contributed by atoms with E-state index < -0.39 is 35.9 Å². The van der Waals surface area contributed by atoms with Gasteiger partial charge in [-0.2, -0.15) is 0 Å². The van der Waals surface area contributed by atoms with Crippen LogP contribution >= 0.6 is 0 Å². The Labute approximate surface area is 207 Å². The van der Waals surface area contributed by atoms with Crippen molar-refractivity contribution in [3.8, 4) is 5.75 Å². The molecule has 2 amide bonds. The summed E-state index contributed by atoms with van der Waals surface area (Å²) in [6, 6.07) is 8.57. The van der Waals surface area contributed by atoms with Crippen LogP contribution in [0.4, 0.5) is 0 Å². The van der Waals surface area contributed by atoms with Gasteiger partial charge in [-0.3, -0.25) is 14.6 Å². The fraction of sp³-hybridized carbons (Fsp3) is 0.481. The lowest BCUT2D eigenvalue weighted by Crippen LogP contribution is -2.55. The molecular weight excluding hydrogens is 446 g/mol. The summed E-state index contributed by atoms with van der Waals surface area (Å²) >= 11 is 0. The summed E-state index contributed by atoms with van der Waals surface area (Å²) in [6.45, 7) is 11.0. The van der Waals surface area contributed by atoms with Crippen molar-refractivity contribution in [3.63, 3.8) is 0 Å². The molecule has 0 saturated heterocycles. The number of esters is 1. The van der Waals surface area contributed by atoms with Gasteiger partial charge >= 0.3 is 5.97 Å². The summed E-state index contributed by atoms with van der Waals surface area (Å²) in [5.41, 5.74) is 0.529. The molecule has 0 fully saturated rings. The summed E-state index contributed by atoms with van der Waals surface area (Å²) in [5.74, 6) is -1.66. The summed E-state index contributed by atoms with van der Waals surface area (Å²) in [7, 11) is 0. The minimum absolute atomic E-state index is 0.0696. The van der Waals surface area contributed by atoms with Gasteiger partial charge in [0, 0.05) is 11.8 Å². The number of ether oxygens (including phenoxy) is 1. The van der Waals surface area contributed by atoms with Crippen molar-refractivity contribution < 1.29 is 24.2 Å². The van der Waals surface area contributed by atoms with Gasteiger partial charge in [0.1, 0.15) is 23.9 Å². The maximum Gasteiger partial charge on any atom is 0.328 e. The van der Waals surface area contributed by atoms with Gasteiger partial charge in [0.15, 0.2) is 0 Å². The van der Waals surface area contributed by atoms with E-state index >= 15 is 0 Å². The van der Waals surface area contributed by atoms with Crippen LogP contribution in [0.5, 0.6) is 5.75 Å². The van der Waals surface area contributed by atoms with Gasteiger partial charge in [0.25, 0.3) is 0 Å². The number of nitrogens with zero attached hydrogens (tertiary/aromatic N) is 1. The quantitative estimate of drug-likeness (QED) is 0.334. The molecular formula is C27H37N3O5. The van der Waals surface area contributed by atoms with E-state index in [4.69, 9.17) is 4.74 Å². The molecule has 0 bridgehead atoms. The number of aliphatic imine (C=N–C) groups is 1. The van der Waals surface area contributed by atoms with Gasteiger partial charge in [-0.05, 0) is 42.5 Å². The van der Waals surface area contributed by atoms with Gasteiger partial charge in [0.05, 0.1) is 6.61 Å². The number of carbonyl (C=O) groups is 3. The van der Waals surface area contributed by atoms with E-state index in [1.165, 1.54) is 6.21 Å². The number of hydrogen-bond acceptors (Lipinski definition) is 6. The molecule has 2 aromatic carbocycles. The third-order valence-corrected chi connectivity index (χ3v) is 6.00. The summed E-state index contributed by atoms with van der Waals surface area (Å²) < 4.78 is 4.96. The highest BCUT2D eigenvalue weighted by Crippen LogP contribution is 2.26. The van der Waals surface area contributed by atoms with Crippen molar-refractivity contribution in [2.45, 2.75) is 66.1 Å². The first-order valence-electron chi connectivity index (χ1n) is 12.1. The number of rotatable bonds is 11. The van der Waals surface area contributed by atoms with E-state index in [9.17, 15) is 19.5 Å². The summed E-state index contributed by atoms with van der Waals surface area (Å²) in [6.07, 6.45) is 2.16. The summed E-state index contributed by atoms with van der Waals surface area (Å²) in [4.78, 5) is 42.7. The van der Waals surface area contributed by atoms with Crippen LogP contribution in [-0.4, -0.2) is 53.8 Å². The highest BCUT2D eigenvalue weighted by Gasteiger charge is 2.31. The minimum atomic E-state index is -0.841. The molecule has 35 heavy (non-hydrogen) atoms. The molecule has 0 spiro atoms. The second-order valence-corrected chi connectivity index (χ2v) is 9.04. The summed E-state index contributed by atoms with van der Waals surface area (Å²) in [5, 5.41) is 17.6. The number of amides is 2. The van der Waals surface area contributed by atoms with E-state index in [0.29, 0.717) is 12.0 Å². The molecule has 0 aromatic heterocycles. The predicted octanol–water partition coefficient (Wildman–Crippen LogP) is 3.59. The zero-order chi connectivity index (χ0) is 26.1. The van der Waals surface area contributed by atoms with Gasteiger partial charge in [-0.25, -0.2) is 4.79 Å². The molecule has 2 aromatic rings. The number of phenols is 1. The molecule has 190 valence electrons. The van der Waals surface area contributed by atoms with Crippen molar-refractivity contribution in [1.82, 2.24) is 10.6 Å². The third kappa shape index (κ3) is 7.28. The molecule has 0 aliphatic heterocycles. The number of nitrogens with one attached hydrogen (secondary N) is 2. The smallest absolute Gasteiger partial charge is 0.328 e. The predicted molar refractivity (Wildman–Crippen MR) is 137 cm³/mol. The molecule has 0 saturated carbocycles. The van der Waals surface area contributed by atoms with E-state index in [-0.39, 0.29) is 24.2 Å². The van der Waals surface area contributed by atoms with Gasteiger partial charge in [-0.15, -0.1) is 0 Å². The Kier molecular flexibility index (Phi) is 10.2. The largest absolute Gasteiger partial charge is 0.507 e. The Morgan fingerprint density at radius 2 is 1.69 bits per heavy atom. The van der Waals surface area contributed by atoms with Crippen LogP contribution in [-0.2, 0) is 19.1 Å². The molecule has 4 atom stereocenters. The molecule has 3 N–H and O–H groups in total. The highest BCUT2D eigenvalue weighted by atomic mass is 16.5. The number of fused-ring (bicyclic) bond motifs is 1. The average molecular weight is 484 g/mol. The van der Waals surface area contributed by atoms with Gasteiger partial charge in [0.2, 0.25) is 11.8 Å². The Hall–Kier alpha value is -3.42. The van der Waals surface area contributed by atoms with Crippen LogP contribution in [0.1, 0.15) is 53.5 Å². The maximum atomic E-state index is 13.3. The Morgan fingerprint density at radius 1 is 1.00 bits per heavy atom. The van der Waals surface area contributed by atoms with Gasteiger partial charge in [-0.1, -0.05) is 64.4 Å². The fourth-order valence-corrected chi connectivity index (χ4v) is 3.69. The molecule has 0 radical (unpaired) electrons. The number of phenolic OH excluding ortho intramolecular Hbond substituents is 1. The molecule has 8 heteroatoms. The third-order valence-electron chi connectivity index (χ3n) is 6.00. The molecule has 8 nitrogen and oxygen atoms in total.